The maximum Gasteiger partial charge on any atom is 0.219 e. The highest BCUT2D eigenvalue weighted by Gasteiger charge is 2.25. The highest BCUT2D eigenvalue weighted by Crippen LogP contribution is 2.45. The first kappa shape index (κ1) is 23.4. The second-order valence-corrected chi connectivity index (χ2v) is 8.33. The van der Waals surface area contributed by atoms with Crippen molar-refractivity contribution in [2.45, 2.75) is 6.92 Å². The molecular formula is C29H22N6O2. The molecule has 8 nitrogen and oxygen atoms in total. The summed E-state index contributed by atoms with van der Waals surface area (Å²) in [5.74, 6) is 4.53. The predicted molar refractivity (Wildman–Crippen MR) is 142 cm³/mol. The van der Waals surface area contributed by atoms with E-state index in [4.69, 9.17) is 21.6 Å². The summed E-state index contributed by atoms with van der Waals surface area (Å²) >= 11 is 0. The third-order valence-corrected chi connectivity index (χ3v) is 6.08. The van der Waals surface area contributed by atoms with Crippen LogP contribution in [0.2, 0.25) is 0 Å². The van der Waals surface area contributed by atoms with Crippen LogP contribution in [0, 0.1) is 30.6 Å². The Morgan fingerprint density at radius 1 is 1.08 bits per heavy atom. The number of nitrogens with zero attached hydrogens (tertiary/aromatic N) is 5. The zero-order chi connectivity index (χ0) is 26.1. The summed E-state index contributed by atoms with van der Waals surface area (Å²) in [6, 6.07) is 17.1. The van der Waals surface area contributed by atoms with E-state index < -0.39 is 0 Å². The molecule has 0 spiro atoms. The molecule has 1 aromatic carbocycles. The summed E-state index contributed by atoms with van der Waals surface area (Å²) in [6.07, 6.45) is 8.71. The molecule has 0 bridgehead atoms. The molecule has 0 fully saturated rings. The van der Waals surface area contributed by atoms with Crippen molar-refractivity contribution in [1.82, 2.24) is 19.5 Å². The Kier molecular flexibility index (Phi) is 5.93. The normalized spacial score (nSPS) is 10.6. The average Bonchev–Trinajstić information content (AvgIpc) is 3.22. The van der Waals surface area contributed by atoms with Crippen molar-refractivity contribution < 1.29 is 9.47 Å². The van der Waals surface area contributed by atoms with Crippen LogP contribution in [0.15, 0.2) is 60.9 Å². The molecule has 0 aliphatic heterocycles. The number of aromatic nitrogens is 4. The molecule has 180 valence electrons. The van der Waals surface area contributed by atoms with Crippen molar-refractivity contribution in [2.24, 2.45) is 7.05 Å². The third kappa shape index (κ3) is 4.07. The van der Waals surface area contributed by atoms with E-state index in [1.165, 1.54) is 6.20 Å². The Bertz CT molecular complexity index is 1740. The van der Waals surface area contributed by atoms with E-state index in [9.17, 15) is 5.26 Å². The maximum absolute atomic E-state index is 9.83. The lowest BCUT2D eigenvalue weighted by Crippen LogP contribution is -1.99. The maximum atomic E-state index is 9.83. The minimum atomic E-state index is 0.308. The first-order valence-corrected chi connectivity index (χ1v) is 11.3. The van der Waals surface area contributed by atoms with Gasteiger partial charge in [-0.05, 0) is 30.7 Å². The van der Waals surface area contributed by atoms with Gasteiger partial charge < -0.3 is 19.8 Å². The van der Waals surface area contributed by atoms with Gasteiger partial charge in [0.2, 0.25) is 5.88 Å². The standard InChI is InChI=1S/C29H22N6O2/c1-5-20-13-23(36-4)22(16-32-20)28-25(26-27(35(28)3)19(14-30)15-33-29(26)31)18-9-11-21(12-10-18)37-24-8-6-7-17(2)34-24/h1,6-13,15-16H,2-4H3,(H2,31,33). The van der Waals surface area contributed by atoms with Crippen molar-refractivity contribution >= 4 is 16.7 Å². The number of benzene rings is 1. The van der Waals surface area contributed by atoms with Crippen molar-refractivity contribution in [3.63, 3.8) is 0 Å². The summed E-state index contributed by atoms with van der Waals surface area (Å²) < 4.78 is 13.5. The molecule has 0 aliphatic carbocycles. The van der Waals surface area contributed by atoms with Crippen molar-refractivity contribution in [1.29, 1.82) is 5.26 Å². The molecule has 2 N–H and O–H groups in total. The second-order valence-electron chi connectivity index (χ2n) is 8.33. The van der Waals surface area contributed by atoms with Crippen LogP contribution in [0.1, 0.15) is 17.0 Å². The lowest BCUT2D eigenvalue weighted by molar-refractivity contribution is 0.415. The van der Waals surface area contributed by atoms with Gasteiger partial charge in [-0.15, -0.1) is 6.42 Å². The third-order valence-electron chi connectivity index (χ3n) is 6.08. The largest absolute Gasteiger partial charge is 0.496 e. The lowest BCUT2D eigenvalue weighted by atomic mass is 9.98. The van der Waals surface area contributed by atoms with Crippen LogP contribution >= 0.6 is 0 Å². The molecular weight excluding hydrogens is 464 g/mol. The van der Waals surface area contributed by atoms with E-state index in [-0.39, 0.29) is 0 Å². The van der Waals surface area contributed by atoms with Crippen LogP contribution in [-0.4, -0.2) is 26.6 Å². The number of pyridine rings is 3. The number of terminal acetylenes is 1. The molecule has 5 aromatic rings. The first-order valence-electron chi connectivity index (χ1n) is 11.3. The number of methoxy groups -OCH3 is 1. The molecule has 0 aliphatic rings. The number of hydrogen-bond donors (Lipinski definition) is 1. The van der Waals surface area contributed by atoms with Crippen LogP contribution in [0.3, 0.4) is 0 Å². The molecule has 37 heavy (non-hydrogen) atoms. The molecule has 0 unspecified atom stereocenters. The highest BCUT2D eigenvalue weighted by molar-refractivity contribution is 6.11. The zero-order valence-corrected chi connectivity index (χ0v) is 20.5. The monoisotopic (exact) mass is 486 g/mol. The van der Waals surface area contributed by atoms with Gasteiger partial charge in [0.25, 0.3) is 0 Å². The minimum absolute atomic E-state index is 0.308. The van der Waals surface area contributed by atoms with E-state index in [1.807, 2.05) is 54.9 Å². The number of hydrogen-bond acceptors (Lipinski definition) is 7. The van der Waals surface area contributed by atoms with Crippen LogP contribution in [0.25, 0.3) is 33.3 Å². The molecule has 0 radical (unpaired) electrons. The van der Waals surface area contributed by atoms with Gasteiger partial charge in [-0.1, -0.05) is 24.1 Å². The molecule has 0 saturated carbocycles. The van der Waals surface area contributed by atoms with E-state index in [0.717, 1.165) is 22.5 Å². The van der Waals surface area contributed by atoms with Gasteiger partial charge in [-0.2, -0.15) is 5.26 Å². The number of fused-ring (bicyclic) bond motifs is 1. The van der Waals surface area contributed by atoms with Crippen molar-refractivity contribution in [3.8, 4) is 58.2 Å². The van der Waals surface area contributed by atoms with E-state index in [1.54, 1.807) is 25.4 Å². The Morgan fingerprint density at radius 3 is 2.54 bits per heavy atom. The summed E-state index contributed by atoms with van der Waals surface area (Å²) in [5, 5.41) is 10.5. The topological polar surface area (TPSA) is 112 Å². The number of nitrogens with two attached hydrogens (primary N) is 1. The fourth-order valence-electron chi connectivity index (χ4n) is 4.43. The molecule has 4 heterocycles. The number of nitriles is 1. The number of anilines is 1. The molecule has 0 amide bonds. The first-order chi connectivity index (χ1) is 17.9. The van der Waals surface area contributed by atoms with Crippen molar-refractivity contribution in [2.75, 3.05) is 12.8 Å². The van der Waals surface area contributed by atoms with Gasteiger partial charge in [0.15, 0.2) is 0 Å². The molecule has 0 atom stereocenters. The Balaban J connectivity index is 1.74. The molecule has 8 heteroatoms. The van der Waals surface area contributed by atoms with Gasteiger partial charge >= 0.3 is 0 Å². The Morgan fingerprint density at radius 2 is 1.86 bits per heavy atom. The van der Waals surface area contributed by atoms with Crippen LogP contribution in [0.5, 0.6) is 17.4 Å². The Labute approximate surface area is 214 Å². The van der Waals surface area contributed by atoms with Gasteiger partial charge in [0.1, 0.15) is 29.1 Å². The summed E-state index contributed by atoms with van der Waals surface area (Å²) in [7, 11) is 3.44. The van der Waals surface area contributed by atoms with Gasteiger partial charge in [-0.3, -0.25) is 0 Å². The van der Waals surface area contributed by atoms with Gasteiger partial charge in [-0.25, -0.2) is 15.0 Å². The Hall–Kier alpha value is -5.34. The van der Waals surface area contributed by atoms with Crippen LogP contribution in [-0.2, 0) is 7.05 Å². The van der Waals surface area contributed by atoms with E-state index in [0.29, 0.717) is 50.9 Å². The minimum Gasteiger partial charge on any atom is -0.496 e. The SMILES string of the molecule is C#Cc1cc(OC)c(-c2c(-c3ccc(Oc4cccc(C)n4)cc3)c3c(N)ncc(C#N)c3n2C)cn1. The zero-order valence-electron chi connectivity index (χ0n) is 20.5. The van der Waals surface area contributed by atoms with Crippen LogP contribution < -0.4 is 15.2 Å². The van der Waals surface area contributed by atoms with Crippen LogP contribution in [0.4, 0.5) is 5.82 Å². The van der Waals surface area contributed by atoms with E-state index >= 15 is 0 Å². The lowest BCUT2D eigenvalue weighted by Gasteiger charge is -2.13. The van der Waals surface area contributed by atoms with Crippen molar-refractivity contribution in [3.05, 3.63) is 77.9 Å². The fourth-order valence-corrected chi connectivity index (χ4v) is 4.43. The quantitative estimate of drug-likeness (QED) is 0.338. The molecule has 5 rings (SSSR count). The molecule has 4 aromatic heterocycles. The van der Waals surface area contributed by atoms with Gasteiger partial charge in [0.05, 0.1) is 34.8 Å². The second kappa shape index (κ2) is 9.37. The molecule has 0 saturated heterocycles. The summed E-state index contributed by atoms with van der Waals surface area (Å²) in [6.45, 7) is 1.91. The van der Waals surface area contributed by atoms with E-state index in [2.05, 4.69) is 26.9 Å². The number of rotatable bonds is 5. The number of ether oxygens (including phenoxy) is 2. The highest BCUT2D eigenvalue weighted by atomic mass is 16.5. The fraction of sp³-hybridized carbons (Fsp3) is 0.103. The smallest absolute Gasteiger partial charge is 0.219 e. The predicted octanol–water partition coefficient (Wildman–Crippen LogP) is 5.24. The average molecular weight is 487 g/mol. The summed E-state index contributed by atoms with van der Waals surface area (Å²) in [4.78, 5) is 13.1. The number of aryl methyl sites for hydroxylation is 2. The summed E-state index contributed by atoms with van der Waals surface area (Å²) in [5.41, 5.74) is 11.9. The number of nitrogen functional groups attached to an aromatic ring is 1. The van der Waals surface area contributed by atoms with Gasteiger partial charge in [0, 0.05) is 42.8 Å².